The number of non-ortho nitro benzene ring substituents is 1. The van der Waals surface area contributed by atoms with E-state index in [1.165, 1.54) is 24.1 Å². The molecule has 0 spiro atoms. The van der Waals surface area contributed by atoms with Gasteiger partial charge in [0.1, 0.15) is 24.0 Å². The molecule has 3 aromatic carbocycles. The molecular weight excluding hydrogens is 560 g/mol. The molecule has 0 aliphatic carbocycles. The van der Waals surface area contributed by atoms with Crippen molar-refractivity contribution in [3.63, 3.8) is 0 Å². The normalized spacial score (nSPS) is 12.0. The highest BCUT2D eigenvalue weighted by atomic mass is 32.2. The SMILES string of the molecule is COc1ccc([N+](=O)[O-])cc1N(CC(=O)N(Cc1ccccc1C)[C@H](Cc1ccccc1)C(=O)NC(C)C)S(C)(=O)=O. The molecule has 0 fully saturated rings. The number of hydrogen-bond acceptors (Lipinski definition) is 7. The molecule has 42 heavy (non-hydrogen) atoms. The van der Waals surface area contributed by atoms with Gasteiger partial charge in [0.15, 0.2) is 0 Å². The van der Waals surface area contributed by atoms with E-state index >= 15 is 0 Å². The highest BCUT2D eigenvalue weighted by Gasteiger charge is 2.34. The van der Waals surface area contributed by atoms with Crippen molar-refractivity contribution in [1.29, 1.82) is 0 Å². The highest BCUT2D eigenvalue weighted by Crippen LogP contribution is 2.34. The van der Waals surface area contributed by atoms with E-state index < -0.39 is 39.3 Å². The Morgan fingerprint density at radius 2 is 1.67 bits per heavy atom. The first-order chi connectivity index (χ1) is 19.8. The highest BCUT2D eigenvalue weighted by molar-refractivity contribution is 7.92. The van der Waals surface area contributed by atoms with Crippen LogP contribution in [0.15, 0.2) is 72.8 Å². The number of ether oxygens (including phenoxy) is 1. The zero-order valence-corrected chi connectivity index (χ0v) is 25.1. The lowest BCUT2D eigenvalue weighted by atomic mass is 10.0. The average Bonchev–Trinajstić information content (AvgIpc) is 2.93. The molecule has 1 atom stereocenters. The summed E-state index contributed by atoms with van der Waals surface area (Å²) in [5.41, 5.74) is 1.94. The number of nitro benzene ring substituents is 1. The predicted octanol–water partition coefficient (Wildman–Crippen LogP) is 3.84. The van der Waals surface area contributed by atoms with Gasteiger partial charge in [-0.1, -0.05) is 54.6 Å². The van der Waals surface area contributed by atoms with E-state index in [1.807, 2.05) is 75.4 Å². The van der Waals surface area contributed by atoms with E-state index in [2.05, 4.69) is 5.32 Å². The van der Waals surface area contributed by atoms with Crippen LogP contribution in [0, 0.1) is 17.0 Å². The number of rotatable bonds is 13. The van der Waals surface area contributed by atoms with Gasteiger partial charge in [-0.2, -0.15) is 0 Å². The van der Waals surface area contributed by atoms with Gasteiger partial charge in [0, 0.05) is 31.1 Å². The summed E-state index contributed by atoms with van der Waals surface area (Å²) in [6.45, 7) is 4.81. The molecule has 0 heterocycles. The molecule has 224 valence electrons. The number of carbonyl (C=O) groups excluding carboxylic acids is 2. The second-order valence-corrected chi connectivity index (χ2v) is 12.1. The third kappa shape index (κ3) is 8.29. The molecule has 0 unspecified atom stereocenters. The summed E-state index contributed by atoms with van der Waals surface area (Å²) >= 11 is 0. The predicted molar refractivity (Wildman–Crippen MR) is 161 cm³/mol. The summed E-state index contributed by atoms with van der Waals surface area (Å²) in [7, 11) is -2.85. The van der Waals surface area contributed by atoms with Gasteiger partial charge in [-0.25, -0.2) is 8.42 Å². The number of aryl methyl sites for hydroxylation is 1. The lowest BCUT2D eigenvalue weighted by Crippen LogP contribution is -2.54. The van der Waals surface area contributed by atoms with Gasteiger partial charge in [0.25, 0.3) is 5.69 Å². The first-order valence-corrected chi connectivity index (χ1v) is 15.1. The molecule has 0 aliphatic rings. The molecule has 0 saturated carbocycles. The molecular formula is C30H36N4O7S. The van der Waals surface area contributed by atoms with Crippen molar-refractivity contribution in [3.05, 3.63) is 99.6 Å². The first-order valence-electron chi connectivity index (χ1n) is 13.3. The minimum atomic E-state index is -4.14. The minimum absolute atomic E-state index is 0.0260. The fourth-order valence-electron chi connectivity index (χ4n) is 4.49. The first kappa shape index (κ1) is 32.1. The molecule has 2 amide bonds. The van der Waals surface area contributed by atoms with E-state index in [0.717, 1.165) is 33.3 Å². The number of nitrogens with one attached hydrogen (secondary N) is 1. The monoisotopic (exact) mass is 596 g/mol. The van der Waals surface area contributed by atoms with Crippen molar-refractivity contribution in [3.8, 4) is 5.75 Å². The quantitative estimate of drug-likeness (QED) is 0.234. The molecule has 0 aliphatic heterocycles. The summed E-state index contributed by atoms with van der Waals surface area (Å²) in [6, 6.07) is 18.9. The Hall–Kier alpha value is -4.45. The molecule has 3 aromatic rings. The van der Waals surface area contributed by atoms with E-state index in [1.54, 1.807) is 0 Å². The molecule has 1 N–H and O–H groups in total. The number of amides is 2. The van der Waals surface area contributed by atoms with Crippen molar-refractivity contribution < 1.29 is 27.7 Å². The van der Waals surface area contributed by atoms with Crippen LogP contribution in [-0.4, -0.2) is 62.0 Å². The van der Waals surface area contributed by atoms with Crippen LogP contribution in [0.4, 0.5) is 11.4 Å². The van der Waals surface area contributed by atoms with Crippen molar-refractivity contribution >= 4 is 33.2 Å². The Kier molecular flexibility index (Phi) is 10.6. The number of anilines is 1. The average molecular weight is 597 g/mol. The summed E-state index contributed by atoms with van der Waals surface area (Å²) in [4.78, 5) is 40.0. The molecule has 11 nitrogen and oxygen atoms in total. The Labute approximate surface area is 246 Å². The second kappa shape index (κ2) is 13.9. The van der Waals surface area contributed by atoms with Gasteiger partial charge in [-0.3, -0.25) is 24.0 Å². The Balaban J connectivity index is 2.14. The van der Waals surface area contributed by atoms with Crippen LogP contribution in [0.5, 0.6) is 5.75 Å². The van der Waals surface area contributed by atoms with Crippen LogP contribution in [0.1, 0.15) is 30.5 Å². The lowest BCUT2D eigenvalue weighted by molar-refractivity contribution is -0.384. The minimum Gasteiger partial charge on any atom is -0.495 e. The van der Waals surface area contributed by atoms with Gasteiger partial charge >= 0.3 is 0 Å². The molecule has 12 heteroatoms. The molecule has 3 rings (SSSR count). The molecule has 0 saturated heterocycles. The van der Waals surface area contributed by atoms with Gasteiger partial charge in [-0.05, 0) is 43.5 Å². The fraction of sp³-hybridized carbons (Fsp3) is 0.333. The van der Waals surface area contributed by atoms with Crippen LogP contribution in [-0.2, 0) is 32.6 Å². The lowest BCUT2D eigenvalue weighted by Gasteiger charge is -2.34. The smallest absolute Gasteiger partial charge is 0.271 e. The number of methoxy groups -OCH3 is 1. The zero-order chi connectivity index (χ0) is 31.0. The number of hydrogen-bond donors (Lipinski definition) is 1. The van der Waals surface area contributed by atoms with Crippen molar-refractivity contribution in [1.82, 2.24) is 10.2 Å². The number of sulfonamides is 1. The third-order valence-corrected chi connectivity index (χ3v) is 7.75. The van der Waals surface area contributed by atoms with Crippen LogP contribution in [0.3, 0.4) is 0 Å². The van der Waals surface area contributed by atoms with Gasteiger partial charge in [0.05, 0.1) is 18.3 Å². The van der Waals surface area contributed by atoms with Gasteiger partial charge in [0.2, 0.25) is 21.8 Å². The standard InChI is InChI=1S/C30H36N4O7S/c1-21(2)31-30(36)27(17-23-12-7-6-8-13-23)32(19-24-14-10-9-11-22(24)3)29(35)20-33(42(5,39)40)26-18-25(34(37)38)15-16-28(26)41-4/h6-16,18,21,27H,17,19-20H2,1-5H3,(H,31,36)/t27-/m1/s1. The maximum Gasteiger partial charge on any atom is 0.271 e. The largest absolute Gasteiger partial charge is 0.495 e. The van der Waals surface area contributed by atoms with Crippen molar-refractivity contribution in [2.24, 2.45) is 0 Å². The zero-order valence-electron chi connectivity index (χ0n) is 24.3. The number of nitro groups is 1. The van der Waals surface area contributed by atoms with Crippen LogP contribution in [0.25, 0.3) is 0 Å². The van der Waals surface area contributed by atoms with Crippen LogP contribution in [0.2, 0.25) is 0 Å². The molecule has 0 radical (unpaired) electrons. The third-order valence-electron chi connectivity index (χ3n) is 6.63. The Morgan fingerprint density at radius 3 is 2.24 bits per heavy atom. The van der Waals surface area contributed by atoms with Crippen molar-refractivity contribution in [2.45, 2.75) is 45.8 Å². The molecule has 0 aromatic heterocycles. The van der Waals surface area contributed by atoms with Crippen molar-refractivity contribution in [2.75, 3.05) is 24.2 Å². The summed E-state index contributed by atoms with van der Waals surface area (Å²) in [5, 5.41) is 14.4. The van der Waals surface area contributed by atoms with Gasteiger partial charge in [-0.15, -0.1) is 0 Å². The summed E-state index contributed by atoms with van der Waals surface area (Å²) in [5.74, 6) is -1.03. The number of nitrogens with zero attached hydrogens (tertiary/aromatic N) is 3. The topological polar surface area (TPSA) is 139 Å². The van der Waals surface area contributed by atoms with Crippen LogP contribution >= 0.6 is 0 Å². The summed E-state index contributed by atoms with van der Waals surface area (Å²) < 4.78 is 32.2. The Morgan fingerprint density at radius 1 is 1.02 bits per heavy atom. The van der Waals surface area contributed by atoms with Gasteiger partial charge < -0.3 is 15.0 Å². The maximum absolute atomic E-state index is 14.2. The molecule has 0 bridgehead atoms. The fourth-order valence-corrected chi connectivity index (χ4v) is 5.33. The van der Waals surface area contributed by atoms with Crippen LogP contribution < -0.4 is 14.4 Å². The summed E-state index contributed by atoms with van der Waals surface area (Å²) in [6.07, 6.45) is 1.08. The maximum atomic E-state index is 14.2. The number of benzene rings is 3. The van der Waals surface area contributed by atoms with E-state index in [0.29, 0.717) is 0 Å². The van der Waals surface area contributed by atoms with E-state index in [9.17, 15) is 28.1 Å². The Bertz CT molecular complexity index is 1530. The number of carbonyl (C=O) groups is 2. The van der Waals surface area contributed by atoms with E-state index in [4.69, 9.17) is 4.74 Å². The second-order valence-electron chi connectivity index (χ2n) is 10.2. The van der Waals surface area contributed by atoms with E-state index in [-0.39, 0.29) is 36.1 Å².